The molecule has 2 aromatic carbocycles. The normalized spacial score (nSPS) is 17.6. The number of hydrogen-bond acceptors (Lipinski definition) is 2. The summed E-state index contributed by atoms with van der Waals surface area (Å²) in [6, 6.07) is 8.57. The zero-order valence-electron chi connectivity index (χ0n) is 14.0. The van der Waals surface area contributed by atoms with Crippen LogP contribution >= 0.6 is 0 Å². The van der Waals surface area contributed by atoms with Crippen molar-refractivity contribution in [1.29, 1.82) is 0 Å². The predicted octanol–water partition coefficient (Wildman–Crippen LogP) is 4.36. The second-order valence-electron chi connectivity index (χ2n) is 6.51. The van der Waals surface area contributed by atoms with E-state index in [-0.39, 0.29) is 5.92 Å². The molecule has 1 aliphatic rings. The number of aliphatic hydroxyl groups is 1. The molecule has 0 aliphatic heterocycles. The van der Waals surface area contributed by atoms with Crippen LogP contribution in [-0.4, -0.2) is 18.3 Å². The Bertz CT molecular complexity index is 741. The van der Waals surface area contributed by atoms with Crippen molar-refractivity contribution < 1.29 is 18.6 Å². The molecule has 0 radical (unpaired) electrons. The number of methoxy groups -OCH3 is 1. The van der Waals surface area contributed by atoms with Gasteiger partial charge in [0.25, 0.3) is 0 Å². The molecule has 24 heavy (non-hydrogen) atoms. The van der Waals surface area contributed by atoms with E-state index in [0.29, 0.717) is 19.3 Å². The lowest BCUT2D eigenvalue weighted by molar-refractivity contribution is 0.180. The Balaban J connectivity index is 2.10. The van der Waals surface area contributed by atoms with Gasteiger partial charge in [-0.15, -0.1) is 0 Å². The second-order valence-corrected chi connectivity index (χ2v) is 6.51. The van der Waals surface area contributed by atoms with Crippen molar-refractivity contribution in [2.75, 3.05) is 7.11 Å². The molecule has 0 saturated heterocycles. The van der Waals surface area contributed by atoms with Gasteiger partial charge in [-0.1, -0.05) is 6.07 Å². The second kappa shape index (κ2) is 6.89. The summed E-state index contributed by atoms with van der Waals surface area (Å²) in [6.07, 6.45) is 2.29. The number of hydrogen-bond donors (Lipinski definition) is 1. The molecule has 4 heteroatoms. The largest absolute Gasteiger partial charge is 0.497 e. The van der Waals surface area contributed by atoms with Gasteiger partial charge in [-0.25, -0.2) is 8.78 Å². The van der Waals surface area contributed by atoms with Crippen LogP contribution in [0.25, 0.3) is 0 Å². The number of rotatable bonds is 4. The van der Waals surface area contributed by atoms with Crippen molar-refractivity contribution in [3.63, 3.8) is 0 Å². The summed E-state index contributed by atoms with van der Waals surface area (Å²) in [4.78, 5) is 0. The summed E-state index contributed by atoms with van der Waals surface area (Å²) in [5.74, 6) is -0.876. The van der Waals surface area contributed by atoms with Crippen LogP contribution in [0.4, 0.5) is 8.78 Å². The Morgan fingerprint density at radius 2 is 1.75 bits per heavy atom. The molecule has 0 aromatic heterocycles. The van der Waals surface area contributed by atoms with Gasteiger partial charge in [0.1, 0.15) is 5.75 Å². The first-order chi connectivity index (χ1) is 11.5. The molecule has 1 N–H and O–H groups in total. The van der Waals surface area contributed by atoms with Crippen molar-refractivity contribution >= 4 is 0 Å². The summed E-state index contributed by atoms with van der Waals surface area (Å²) >= 11 is 0. The maximum Gasteiger partial charge on any atom is 0.159 e. The average Bonchev–Trinajstić information content (AvgIpc) is 2.70. The number of aryl methyl sites for hydroxylation is 2. The molecular weight excluding hydrogens is 310 g/mol. The summed E-state index contributed by atoms with van der Waals surface area (Å²) in [7, 11) is 1.63. The molecule has 0 amide bonds. The smallest absolute Gasteiger partial charge is 0.159 e. The van der Waals surface area contributed by atoms with Crippen LogP contribution < -0.4 is 4.74 Å². The van der Waals surface area contributed by atoms with E-state index in [9.17, 15) is 13.9 Å². The highest BCUT2D eigenvalue weighted by molar-refractivity contribution is 5.47. The Kier molecular flexibility index (Phi) is 4.86. The van der Waals surface area contributed by atoms with Gasteiger partial charge in [0.05, 0.1) is 13.2 Å². The highest BCUT2D eigenvalue weighted by Gasteiger charge is 2.26. The monoisotopic (exact) mass is 332 g/mol. The summed E-state index contributed by atoms with van der Waals surface area (Å²) in [6.45, 7) is 1.75. The van der Waals surface area contributed by atoms with Crippen LogP contribution in [0.2, 0.25) is 0 Å². The van der Waals surface area contributed by atoms with Gasteiger partial charge in [0.15, 0.2) is 11.6 Å². The average molecular weight is 332 g/mol. The quantitative estimate of drug-likeness (QED) is 0.901. The van der Waals surface area contributed by atoms with Crippen LogP contribution in [0.1, 0.15) is 47.9 Å². The summed E-state index contributed by atoms with van der Waals surface area (Å²) in [5.41, 5.74) is 3.93. The van der Waals surface area contributed by atoms with Gasteiger partial charge >= 0.3 is 0 Å². The van der Waals surface area contributed by atoms with Crippen LogP contribution in [0.15, 0.2) is 30.3 Å². The third kappa shape index (κ3) is 3.29. The molecule has 0 saturated carbocycles. The van der Waals surface area contributed by atoms with E-state index in [1.165, 1.54) is 12.1 Å². The lowest BCUT2D eigenvalue weighted by Gasteiger charge is -2.22. The van der Waals surface area contributed by atoms with Crippen molar-refractivity contribution in [1.82, 2.24) is 0 Å². The van der Waals surface area contributed by atoms with E-state index in [2.05, 4.69) is 0 Å². The molecular formula is C20H22F2O2. The van der Waals surface area contributed by atoms with Gasteiger partial charge in [0.2, 0.25) is 0 Å². The highest BCUT2D eigenvalue weighted by Crippen LogP contribution is 2.39. The van der Waals surface area contributed by atoms with E-state index in [1.54, 1.807) is 14.0 Å². The molecule has 0 bridgehead atoms. The lowest BCUT2D eigenvalue weighted by atomic mass is 9.84. The van der Waals surface area contributed by atoms with Crippen LogP contribution in [0, 0.1) is 11.6 Å². The minimum Gasteiger partial charge on any atom is -0.497 e. The third-order valence-electron chi connectivity index (χ3n) is 4.82. The molecule has 2 atom stereocenters. The molecule has 2 aromatic rings. The van der Waals surface area contributed by atoms with Gasteiger partial charge in [0, 0.05) is 5.92 Å². The zero-order chi connectivity index (χ0) is 17.3. The number of benzene rings is 2. The minimum atomic E-state index is -0.812. The predicted molar refractivity (Wildman–Crippen MR) is 89.5 cm³/mol. The van der Waals surface area contributed by atoms with Gasteiger partial charge in [-0.2, -0.15) is 0 Å². The van der Waals surface area contributed by atoms with Crippen molar-refractivity contribution in [3.8, 4) is 5.75 Å². The highest BCUT2D eigenvalue weighted by atomic mass is 19.2. The maximum atomic E-state index is 13.9. The molecule has 1 aliphatic carbocycles. The number of fused-ring (bicyclic) bond motifs is 2. The first-order valence-electron chi connectivity index (χ1n) is 8.32. The summed E-state index contributed by atoms with van der Waals surface area (Å²) in [5, 5.41) is 9.68. The first kappa shape index (κ1) is 16.9. The molecule has 128 valence electrons. The first-order valence-corrected chi connectivity index (χ1v) is 8.32. The van der Waals surface area contributed by atoms with Gasteiger partial charge in [-0.05, 0) is 79.1 Å². The fourth-order valence-electron chi connectivity index (χ4n) is 3.57. The maximum absolute atomic E-state index is 13.9. The van der Waals surface area contributed by atoms with Crippen molar-refractivity contribution in [3.05, 3.63) is 64.2 Å². The molecule has 2 nitrogen and oxygen atoms in total. The molecule has 0 fully saturated rings. The molecule has 2 unspecified atom stereocenters. The zero-order valence-corrected chi connectivity index (χ0v) is 14.0. The Hall–Kier alpha value is -1.94. The molecule has 0 heterocycles. The number of ether oxygens (including phenoxy) is 1. The Labute approximate surface area is 141 Å². The fourth-order valence-corrected chi connectivity index (χ4v) is 3.57. The molecule has 0 spiro atoms. The van der Waals surface area contributed by atoms with Gasteiger partial charge in [-0.3, -0.25) is 0 Å². The number of aliphatic hydroxyl groups excluding tert-OH is 1. The van der Waals surface area contributed by atoms with E-state index < -0.39 is 17.7 Å². The van der Waals surface area contributed by atoms with Crippen LogP contribution in [0.3, 0.4) is 0 Å². The van der Waals surface area contributed by atoms with E-state index in [1.807, 2.05) is 18.2 Å². The topological polar surface area (TPSA) is 29.5 Å². The summed E-state index contributed by atoms with van der Waals surface area (Å²) < 4.78 is 32.9. The van der Waals surface area contributed by atoms with Crippen molar-refractivity contribution in [2.45, 2.75) is 44.6 Å². The Morgan fingerprint density at radius 3 is 2.42 bits per heavy atom. The Morgan fingerprint density at radius 1 is 1.08 bits per heavy atom. The minimum absolute atomic E-state index is 0.0480. The van der Waals surface area contributed by atoms with Crippen LogP contribution in [0.5, 0.6) is 5.75 Å². The van der Waals surface area contributed by atoms with Crippen LogP contribution in [-0.2, 0) is 12.8 Å². The van der Waals surface area contributed by atoms with Crippen molar-refractivity contribution in [2.24, 2.45) is 0 Å². The van der Waals surface area contributed by atoms with Gasteiger partial charge < -0.3 is 9.84 Å². The van der Waals surface area contributed by atoms with E-state index in [4.69, 9.17) is 4.74 Å². The fraction of sp³-hybridized carbons (Fsp3) is 0.400. The number of halogens is 2. The standard InChI is InChI=1S/C20H22F2O2/c1-12(23)3-7-17-16-8-6-15(24-2)9-13(16)4-5-14-10-19(21)20(22)11-18(14)17/h6,8-12,17,23H,3-5,7H2,1-2H3. The third-order valence-corrected chi connectivity index (χ3v) is 4.82. The van der Waals surface area contributed by atoms with E-state index >= 15 is 0 Å². The molecule has 3 rings (SSSR count). The van der Waals surface area contributed by atoms with E-state index in [0.717, 1.165) is 34.4 Å². The lowest BCUT2D eigenvalue weighted by Crippen LogP contribution is -2.09. The SMILES string of the molecule is COc1ccc2c(c1)CCc1cc(F)c(F)cc1C2CCC(C)O.